The lowest BCUT2D eigenvalue weighted by Gasteiger charge is -2.32. The molecule has 2 rings (SSSR count). The Kier molecular flexibility index (Phi) is 7.44. The van der Waals surface area contributed by atoms with Crippen LogP contribution in [-0.4, -0.2) is 56.4 Å². The van der Waals surface area contributed by atoms with Gasteiger partial charge in [-0.05, 0) is 12.1 Å². The summed E-state index contributed by atoms with van der Waals surface area (Å²) in [5, 5.41) is 12.3. The van der Waals surface area contributed by atoms with Crippen LogP contribution < -0.4 is 14.8 Å². The molecule has 0 aliphatic carbocycles. The van der Waals surface area contributed by atoms with Crippen molar-refractivity contribution in [3.8, 4) is 11.5 Å². The predicted molar refractivity (Wildman–Crippen MR) is 85.7 cm³/mol. The highest BCUT2D eigenvalue weighted by Gasteiger charge is 2.29. The minimum Gasteiger partial charge on any atom is -0.497 e. The molecular formula is C15H23ClN2O4. The number of carbonyl (C=O) groups excluding carboxylic acids is 1. The molecule has 0 unspecified atom stereocenters. The van der Waals surface area contributed by atoms with Gasteiger partial charge in [0.05, 0.1) is 26.7 Å². The summed E-state index contributed by atoms with van der Waals surface area (Å²) in [6, 6.07) is 5.51. The van der Waals surface area contributed by atoms with Gasteiger partial charge in [-0.3, -0.25) is 4.79 Å². The van der Waals surface area contributed by atoms with Crippen molar-refractivity contribution in [2.75, 3.05) is 40.5 Å². The molecule has 6 nitrogen and oxygen atoms in total. The van der Waals surface area contributed by atoms with Crippen LogP contribution in [-0.2, 0) is 11.3 Å². The van der Waals surface area contributed by atoms with Crippen LogP contribution in [0.5, 0.6) is 11.5 Å². The highest BCUT2D eigenvalue weighted by molar-refractivity contribution is 5.85. The smallest absolute Gasteiger partial charge is 0.228 e. The van der Waals surface area contributed by atoms with E-state index >= 15 is 0 Å². The van der Waals surface area contributed by atoms with Gasteiger partial charge in [0.1, 0.15) is 11.5 Å². The number of carbonyl (C=O) groups is 1. The summed E-state index contributed by atoms with van der Waals surface area (Å²) < 4.78 is 10.5. The number of rotatable bonds is 7. The Morgan fingerprint density at radius 3 is 2.59 bits per heavy atom. The first kappa shape index (κ1) is 18.5. The van der Waals surface area contributed by atoms with E-state index in [0.29, 0.717) is 37.7 Å². The molecule has 2 N–H and O–H groups in total. The normalized spacial score (nSPS) is 13.8. The molecule has 1 aromatic rings. The highest BCUT2D eigenvalue weighted by atomic mass is 35.5. The zero-order valence-corrected chi connectivity index (χ0v) is 13.7. The molecule has 1 aliphatic rings. The van der Waals surface area contributed by atoms with Gasteiger partial charge in [0.2, 0.25) is 5.91 Å². The van der Waals surface area contributed by atoms with Crippen LogP contribution >= 0.6 is 12.4 Å². The van der Waals surface area contributed by atoms with Crippen molar-refractivity contribution < 1.29 is 19.4 Å². The summed E-state index contributed by atoms with van der Waals surface area (Å²) in [6.45, 7) is 2.11. The summed E-state index contributed by atoms with van der Waals surface area (Å²) in [7, 11) is 3.19. The van der Waals surface area contributed by atoms with E-state index in [2.05, 4.69) is 5.32 Å². The summed E-state index contributed by atoms with van der Waals surface area (Å²) in [5.41, 5.74) is 0.896. The number of hydrogen-bond acceptors (Lipinski definition) is 5. The van der Waals surface area contributed by atoms with Crippen molar-refractivity contribution in [1.82, 2.24) is 10.2 Å². The van der Waals surface area contributed by atoms with Crippen molar-refractivity contribution in [2.24, 2.45) is 5.92 Å². The first-order valence-electron chi connectivity index (χ1n) is 7.01. The molecule has 1 amide bonds. The second-order valence-electron chi connectivity index (χ2n) is 5.02. The highest BCUT2D eigenvalue weighted by Crippen LogP contribution is 2.26. The maximum Gasteiger partial charge on any atom is 0.228 e. The van der Waals surface area contributed by atoms with E-state index in [4.69, 9.17) is 9.47 Å². The van der Waals surface area contributed by atoms with E-state index in [1.54, 1.807) is 25.2 Å². The maximum absolute atomic E-state index is 12.4. The number of amides is 1. The molecular weight excluding hydrogens is 308 g/mol. The number of hydrogen-bond donors (Lipinski definition) is 2. The van der Waals surface area contributed by atoms with E-state index in [-0.39, 0.29) is 30.8 Å². The number of ether oxygens (including phenoxy) is 2. The Bertz CT molecular complexity index is 494. The topological polar surface area (TPSA) is 71.0 Å². The fourth-order valence-corrected chi connectivity index (χ4v) is 2.30. The van der Waals surface area contributed by atoms with Crippen LogP contribution in [0.15, 0.2) is 18.2 Å². The van der Waals surface area contributed by atoms with Crippen LogP contribution in [0, 0.1) is 5.92 Å². The first-order chi connectivity index (χ1) is 10.2. The molecule has 1 aromatic carbocycles. The van der Waals surface area contributed by atoms with E-state index in [0.717, 1.165) is 5.56 Å². The molecule has 124 valence electrons. The minimum absolute atomic E-state index is 0. The monoisotopic (exact) mass is 330 g/mol. The Balaban J connectivity index is 0.00000242. The van der Waals surface area contributed by atoms with E-state index in [1.165, 1.54) is 0 Å². The Hall–Kier alpha value is -1.50. The fourth-order valence-electron chi connectivity index (χ4n) is 2.30. The summed E-state index contributed by atoms with van der Waals surface area (Å²) in [4.78, 5) is 14.0. The first-order valence-corrected chi connectivity index (χ1v) is 7.01. The number of aliphatic hydroxyl groups is 1. The van der Waals surface area contributed by atoms with Crippen LogP contribution in [0.3, 0.4) is 0 Å². The van der Waals surface area contributed by atoms with E-state index in [9.17, 15) is 9.90 Å². The summed E-state index contributed by atoms with van der Waals surface area (Å²) >= 11 is 0. The van der Waals surface area contributed by atoms with E-state index < -0.39 is 0 Å². The number of halogens is 1. The number of benzene rings is 1. The van der Waals surface area contributed by atoms with Gasteiger partial charge in [-0.1, -0.05) is 0 Å². The Morgan fingerprint density at radius 1 is 1.36 bits per heavy atom. The number of nitrogens with one attached hydrogen (secondary N) is 1. The Labute approximate surface area is 136 Å². The molecule has 0 saturated carbocycles. The molecule has 1 aliphatic heterocycles. The van der Waals surface area contributed by atoms with Gasteiger partial charge >= 0.3 is 0 Å². The Morgan fingerprint density at radius 2 is 2.09 bits per heavy atom. The number of nitrogens with zero attached hydrogens (tertiary/aromatic N) is 1. The quantitative estimate of drug-likeness (QED) is 0.769. The molecule has 0 atom stereocenters. The van der Waals surface area contributed by atoms with Gasteiger partial charge in [0.15, 0.2) is 0 Å². The molecule has 7 heteroatoms. The van der Waals surface area contributed by atoms with Gasteiger partial charge < -0.3 is 24.8 Å². The van der Waals surface area contributed by atoms with Crippen LogP contribution in [0.4, 0.5) is 0 Å². The second-order valence-corrected chi connectivity index (χ2v) is 5.02. The third-order valence-corrected chi connectivity index (χ3v) is 3.67. The zero-order chi connectivity index (χ0) is 15.2. The third kappa shape index (κ3) is 4.25. The number of methoxy groups -OCH3 is 2. The summed E-state index contributed by atoms with van der Waals surface area (Å²) in [6.07, 6.45) is 0. The van der Waals surface area contributed by atoms with Crippen molar-refractivity contribution in [2.45, 2.75) is 6.54 Å². The molecule has 1 saturated heterocycles. The average Bonchev–Trinajstić information content (AvgIpc) is 2.45. The largest absolute Gasteiger partial charge is 0.497 e. The molecule has 1 heterocycles. The van der Waals surface area contributed by atoms with Crippen LogP contribution in [0.25, 0.3) is 0 Å². The lowest BCUT2D eigenvalue weighted by Crippen LogP contribution is -2.52. The fraction of sp³-hybridized carbons (Fsp3) is 0.533. The molecule has 0 spiro atoms. The van der Waals surface area contributed by atoms with Gasteiger partial charge in [-0.2, -0.15) is 0 Å². The molecule has 1 fully saturated rings. The molecule has 0 aromatic heterocycles. The second kappa shape index (κ2) is 8.82. The SMILES string of the molecule is COc1ccc(CN(CCO)C(=O)C2CNC2)c(OC)c1.Cl. The molecule has 22 heavy (non-hydrogen) atoms. The van der Waals surface area contributed by atoms with Gasteiger partial charge in [0.25, 0.3) is 0 Å². The van der Waals surface area contributed by atoms with Crippen molar-refractivity contribution >= 4 is 18.3 Å². The summed E-state index contributed by atoms with van der Waals surface area (Å²) in [5.74, 6) is 1.47. The predicted octanol–water partition coefficient (Wildman–Crippen LogP) is 0.666. The minimum atomic E-state index is -0.0512. The molecule has 0 radical (unpaired) electrons. The van der Waals surface area contributed by atoms with Crippen molar-refractivity contribution in [3.05, 3.63) is 23.8 Å². The lowest BCUT2D eigenvalue weighted by molar-refractivity contribution is -0.138. The maximum atomic E-state index is 12.4. The number of aliphatic hydroxyl groups excluding tert-OH is 1. The molecule has 0 bridgehead atoms. The lowest BCUT2D eigenvalue weighted by atomic mass is 10.0. The van der Waals surface area contributed by atoms with Gasteiger partial charge in [0, 0.05) is 37.8 Å². The van der Waals surface area contributed by atoms with Crippen LogP contribution in [0.1, 0.15) is 5.56 Å². The van der Waals surface area contributed by atoms with Crippen molar-refractivity contribution in [3.63, 3.8) is 0 Å². The average molecular weight is 331 g/mol. The van der Waals surface area contributed by atoms with Gasteiger partial charge in [-0.15, -0.1) is 12.4 Å². The van der Waals surface area contributed by atoms with E-state index in [1.807, 2.05) is 12.1 Å². The standard InChI is InChI=1S/C15H22N2O4.ClH/c1-20-13-4-3-11(14(7-13)21-2)10-17(5-6-18)15(19)12-8-16-9-12;/h3-4,7,12,16,18H,5-6,8-10H2,1-2H3;1H. The van der Waals surface area contributed by atoms with Crippen LogP contribution in [0.2, 0.25) is 0 Å². The van der Waals surface area contributed by atoms with Crippen molar-refractivity contribution in [1.29, 1.82) is 0 Å². The zero-order valence-electron chi connectivity index (χ0n) is 12.9. The third-order valence-electron chi connectivity index (χ3n) is 3.67. The van der Waals surface area contributed by atoms with Gasteiger partial charge in [-0.25, -0.2) is 0 Å².